The van der Waals surface area contributed by atoms with Crippen LogP contribution in [0, 0.1) is 12.3 Å². The molecule has 8 heteroatoms. The molecule has 2 rings (SSSR count). The van der Waals surface area contributed by atoms with Gasteiger partial charge in [-0.15, -0.1) is 0 Å². The van der Waals surface area contributed by atoms with Crippen molar-refractivity contribution in [2.75, 3.05) is 31.5 Å². The highest BCUT2D eigenvalue weighted by Gasteiger charge is 2.40. The van der Waals surface area contributed by atoms with Crippen LogP contribution in [0.1, 0.15) is 19.6 Å². The third-order valence-corrected chi connectivity index (χ3v) is 3.72. The van der Waals surface area contributed by atoms with Gasteiger partial charge in [-0.1, -0.05) is 5.16 Å². The minimum Gasteiger partial charge on any atom is -0.360 e. The number of amides is 3. The van der Waals surface area contributed by atoms with E-state index in [1.807, 2.05) is 0 Å². The van der Waals surface area contributed by atoms with Gasteiger partial charge in [-0.05, 0) is 20.8 Å². The molecular formula is C14H20N4O4. The molecule has 0 saturated carbocycles. The summed E-state index contributed by atoms with van der Waals surface area (Å²) in [5.74, 6) is 0.151. The topological polar surface area (TPSA) is 95.8 Å². The number of aromatic nitrogens is 1. The zero-order chi connectivity index (χ0) is 16.3. The van der Waals surface area contributed by atoms with Crippen LogP contribution in [0.25, 0.3) is 0 Å². The molecular weight excluding hydrogens is 288 g/mol. The Morgan fingerprint density at radius 3 is 2.45 bits per heavy atom. The lowest BCUT2D eigenvalue weighted by Crippen LogP contribution is -2.54. The van der Waals surface area contributed by atoms with Crippen LogP contribution >= 0.6 is 0 Å². The van der Waals surface area contributed by atoms with Crippen LogP contribution in [0.5, 0.6) is 0 Å². The highest BCUT2D eigenvalue weighted by molar-refractivity contribution is 6.09. The van der Waals surface area contributed by atoms with E-state index in [9.17, 15) is 14.4 Å². The normalized spacial score (nSPS) is 15.6. The molecule has 0 spiro atoms. The number of nitrogens with one attached hydrogen (secondary N) is 1. The highest BCUT2D eigenvalue weighted by Crippen LogP contribution is 2.22. The fourth-order valence-corrected chi connectivity index (χ4v) is 2.22. The number of hydrogen-bond acceptors (Lipinski definition) is 5. The second kappa shape index (κ2) is 6.17. The van der Waals surface area contributed by atoms with Crippen LogP contribution in [-0.4, -0.2) is 59.4 Å². The van der Waals surface area contributed by atoms with Crippen LogP contribution in [0.15, 0.2) is 10.6 Å². The average molecular weight is 308 g/mol. The summed E-state index contributed by atoms with van der Waals surface area (Å²) < 4.78 is 4.88. The molecule has 8 nitrogen and oxygen atoms in total. The van der Waals surface area contributed by atoms with Gasteiger partial charge in [0.15, 0.2) is 5.82 Å². The van der Waals surface area contributed by atoms with E-state index in [2.05, 4.69) is 10.5 Å². The maximum Gasteiger partial charge on any atom is 0.240 e. The lowest BCUT2D eigenvalue weighted by Gasteiger charge is -2.36. The van der Waals surface area contributed by atoms with Gasteiger partial charge in [0.05, 0.1) is 0 Å². The molecule has 1 N–H and O–H groups in total. The zero-order valence-corrected chi connectivity index (χ0v) is 13.0. The van der Waals surface area contributed by atoms with Crippen molar-refractivity contribution in [2.24, 2.45) is 5.41 Å². The summed E-state index contributed by atoms with van der Waals surface area (Å²) in [6, 6.07) is 1.58. The van der Waals surface area contributed by atoms with Crippen molar-refractivity contribution in [3.63, 3.8) is 0 Å². The van der Waals surface area contributed by atoms with E-state index >= 15 is 0 Å². The molecule has 1 saturated heterocycles. The Morgan fingerprint density at radius 2 is 1.95 bits per heavy atom. The molecule has 0 aromatic carbocycles. The van der Waals surface area contributed by atoms with Crippen molar-refractivity contribution < 1.29 is 18.9 Å². The summed E-state index contributed by atoms with van der Waals surface area (Å²) in [5.41, 5.74) is -1.23. The number of carbonyl (C=O) groups is 3. The van der Waals surface area contributed by atoms with Gasteiger partial charge in [0.2, 0.25) is 18.2 Å². The Morgan fingerprint density at radius 1 is 1.32 bits per heavy atom. The van der Waals surface area contributed by atoms with E-state index in [0.717, 1.165) is 6.41 Å². The third-order valence-electron chi connectivity index (χ3n) is 3.72. The Hall–Kier alpha value is -2.38. The summed E-state index contributed by atoms with van der Waals surface area (Å²) >= 11 is 0. The molecule has 0 unspecified atom stereocenters. The number of piperazine rings is 1. The molecule has 1 aliphatic rings. The Bertz CT molecular complexity index is 573. The van der Waals surface area contributed by atoms with Crippen LogP contribution in [0.2, 0.25) is 0 Å². The van der Waals surface area contributed by atoms with Gasteiger partial charge in [-0.3, -0.25) is 14.4 Å². The number of rotatable bonds is 4. The first-order chi connectivity index (χ1) is 10.3. The molecule has 0 atom stereocenters. The van der Waals surface area contributed by atoms with Gasteiger partial charge in [0.25, 0.3) is 0 Å². The maximum absolute atomic E-state index is 12.6. The Labute approximate surface area is 128 Å². The first-order valence-electron chi connectivity index (χ1n) is 7.08. The quantitative estimate of drug-likeness (QED) is 0.635. The molecule has 1 fully saturated rings. The second-order valence-corrected chi connectivity index (χ2v) is 5.84. The lowest BCUT2D eigenvalue weighted by molar-refractivity contribution is -0.148. The molecule has 1 aliphatic heterocycles. The number of anilines is 1. The third kappa shape index (κ3) is 3.26. The molecule has 2 heterocycles. The van der Waals surface area contributed by atoms with Gasteiger partial charge in [0, 0.05) is 32.2 Å². The van der Waals surface area contributed by atoms with Crippen molar-refractivity contribution in [1.82, 2.24) is 15.0 Å². The first kappa shape index (κ1) is 16.0. The fraction of sp³-hybridized carbons (Fsp3) is 0.571. The summed E-state index contributed by atoms with van der Waals surface area (Å²) in [4.78, 5) is 38.8. The highest BCUT2D eigenvalue weighted by atomic mass is 16.5. The number of carbonyl (C=O) groups excluding carboxylic acids is 3. The van der Waals surface area contributed by atoms with E-state index in [0.29, 0.717) is 31.9 Å². The molecule has 3 amide bonds. The van der Waals surface area contributed by atoms with Crippen molar-refractivity contribution in [1.29, 1.82) is 0 Å². The van der Waals surface area contributed by atoms with Gasteiger partial charge < -0.3 is 19.6 Å². The van der Waals surface area contributed by atoms with E-state index in [1.165, 1.54) is 0 Å². The predicted molar refractivity (Wildman–Crippen MR) is 77.9 cm³/mol. The Balaban J connectivity index is 2.00. The van der Waals surface area contributed by atoms with Crippen LogP contribution in [0.4, 0.5) is 5.82 Å². The molecule has 120 valence electrons. The van der Waals surface area contributed by atoms with Crippen LogP contribution < -0.4 is 5.32 Å². The smallest absolute Gasteiger partial charge is 0.240 e. The molecule has 0 radical (unpaired) electrons. The Kier molecular flexibility index (Phi) is 4.48. The largest absolute Gasteiger partial charge is 0.360 e. The number of aryl methyl sites for hydroxylation is 1. The van der Waals surface area contributed by atoms with Crippen molar-refractivity contribution >= 4 is 24.0 Å². The SMILES string of the molecule is Cc1cc(NC(=O)C(C)(C)C(=O)N2CCN(C=O)CC2)no1. The minimum atomic E-state index is -1.23. The van der Waals surface area contributed by atoms with E-state index in [-0.39, 0.29) is 11.7 Å². The van der Waals surface area contributed by atoms with Gasteiger partial charge in [-0.2, -0.15) is 0 Å². The van der Waals surface area contributed by atoms with E-state index < -0.39 is 11.3 Å². The average Bonchev–Trinajstić information content (AvgIpc) is 2.91. The predicted octanol–water partition coefficient (Wildman–Crippen LogP) is 0.248. The summed E-state index contributed by atoms with van der Waals surface area (Å²) in [6.07, 6.45) is 0.770. The minimum absolute atomic E-state index is 0.268. The molecule has 1 aromatic rings. The summed E-state index contributed by atoms with van der Waals surface area (Å²) in [6.45, 7) is 6.68. The molecule has 0 bridgehead atoms. The molecule has 0 aliphatic carbocycles. The second-order valence-electron chi connectivity index (χ2n) is 5.84. The van der Waals surface area contributed by atoms with E-state index in [4.69, 9.17) is 4.52 Å². The lowest BCUT2D eigenvalue weighted by atomic mass is 9.90. The first-order valence-corrected chi connectivity index (χ1v) is 7.08. The maximum atomic E-state index is 12.6. The van der Waals surface area contributed by atoms with Gasteiger partial charge >= 0.3 is 0 Å². The van der Waals surface area contributed by atoms with Crippen molar-refractivity contribution in [3.05, 3.63) is 11.8 Å². The monoisotopic (exact) mass is 308 g/mol. The summed E-state index contributed by atoms with van der Waals surface area (Å²) in [7, 11) is 0. The van der Waals surface area contributed by atoms with Crippen molar-refractivity contribution in [3.8, 4) is 0 Å². The van der Waals surface area contributed by atoms with Crippen LogP contribution in [-0.2, 0) is 14.4 Å². The number of nitrogens with zero attached hydrogens (tertiary/aromatic N) is 3. The fourth-order valence-electron chi connectivity index (χ4n) is 2.22. The van der Waals surface area contributed by atoms with Gasteiger partial charge in [-0.25, -0.2) is 0 Å². The molecule has 1 aromatic heterocycles. The van der Waals surface area contributed by atoms with E-state index in [1.54, 1.807) is 36.6 Å². The summed E-state index contributed by atoms with van der Waals surface area (Å²) in [5, 5.41) is 6.27. The zero-order valence-electron chi connectivity index (χ0n) is 13.0. The standard InChI is InChI=1S/C14H20N4O4/c1-10-8-11(16-22-10)15-12(20)14(2,3)13(21)18-6-4-17(9-19)5-7-18/h8-9H,4-7H2,1-3H3,(H,15,16,20). The number of hydrogen-bond donors (Lipinski definition) is 1. The molecule has 22 heavy (non-hydrogen) atoms. The van der Waals surface area contributed by atoms with Crippen molar-refractivity contribution in [2.45, 2.75) is 20.8 Å². The van der Waals surface area contributed by atoms with Gasteiger partial charge in [0.1, 0.15) is 11.2 Å². The van der Waals surface area contributed by atoms with Crippen LogP contribution in [0.3, 0.4) is 0 Å².